The number of aryl methyl sites for hydroxylation is 1. The van der Waals surface area contributed by atoms with Crippen molar-refractivity contribution in [1.82, 2.24) is 0 Å². The number of aliphatic hydroxyl groups is 1. The summed E-state index contributed by atoms with van der Waals surface area (Å²) in [5.41, 5.74) is 1.52. The Kier molecular flexibility index (Phi) is 6.02. The van der Waals surface area contributed by atoms with Crippen LogP contribution >= 0.6 is 0 Å². The third-order valence-corrected chi connectivity index (χ3v) is 2.71. The second-order valence-electron chi connectivity index (χ2n) is 3.91. The van der Waals surface area contributed by atoms with Crippen molar-refractivity contribution < 1.29 is 24.2 Å². The Bertz CT molecular complexity index is 453. The van der Waals surface area contributed by atoms with E-state index in [0.717, 1.165) is 0 Å². The van der Waals surface area contributed by atoms with Gasteiger partial charge in [0.25, 0.3) is 0 Å². The van der Waals surface area contributed by atoms with Crippen molar-refractivity contribution in [2.75, 3.05) is 13.7 Å². The first-order valence-corrected chi connectivity index (χ1v) is 6.09. The maximum absolute atomic E-state index is 11.9. The molecule has 0 bridgehead atoms. The number of carbonyl (C=O) groups excluding carboxylic acids is 2. The average molecular weight is 266 g/mol. The number of hydrogen-bond acceptors (Lipinski definition) is 5. The molecule has 1 aromatic carbocycles. The molecule has 104 valence electrons. The van der Waals surface area contributed by atoms with Gasteiger partial charge in [-0.1, -0.05) is 18.2 Å². The van der Waals surface area contributed by atoms with Crippen molar-refractivity contribution in [3.63, 3.8) is 0 Å². The number of carbonyl (C=O) groups is 2. The number of methoxy groups -OCH3 is 1. The van der Waals surface area contributed by atoms with E-state index < -0.39 is 5.97 Å². The Morgan fingerprint density at radius 2 is 1.95 bits per heavy atom. The number of rotatable bonds is 6. The van der Waals surface area contributed by atoms with Crippen molar-refractivity contribution in [1.29, 1.82) is 0 Å². The predicted octanol–water partition coefficient (Wildman–Crippen LogP) is 1.46. The van der Waals surface area contributed by atoms with Gasteiger partial charge in [0, 0.05) is 6.42 Å². The minimum Gasteiger partial charge on any atom is -0.469 e. The van der Waals surface area contributed by atoms with Crippen LogP contribution in [0.15, 0.2) is 18.2 Å². The zero-order valence-corrected chi connectivity index (χ0v) is 11.1. The maximum Gasteiger partial charge on any atom is 0.338 e. The molecule has 1 rings (SSSR count). The second-order valence-corrected chi connectivity index (χ2v) is 3.91. The third-order valence-electron chi connectivity index (χ3n) is 2.71. The molecule has 19 heavy (non-hydrogen) atoms. The zero-order valence-electron chi connectivity index (χ0n) is 11.1. The number of esters is 2. The van der Waals surface area contributed by atoms with Crippen molar-refractivity contribution >= 4 is 11.9 Å². The summed E-state index contributed by atoms with van der Waals surface area (Å²) in [6.45, 7) is 1.73. The zero-order chi connectivity index (χ0) is 14.3. The molecule has 0 saturated heterocycles. The van der Waals surface area contributed by atoms with Gasteiger partial charge in [0.15, 0.2) is 0 Å². The molecule has 0 saturated carbocycles. The summed E-state index contributed by atoms with van der Waals surface area (Å²) in [6, 6.07) is 5.14. The highest BCUT2D eigenvalue weighted by molar-refractivity contribution is 5.93. The molecule has 0 radical (unpaired) electrons. The van der Waals surface area contributed by atoms with Gasteiger partial charge in [0.2, 0.25) is 0 Å². The largest absolute Gasteiger partial charge is 0.469 e. The van der Waals surface area contributed by atoms with E-state index in [1.54, 1.807) is 25.1 Å². The molecule has 0 atom stereocenters. The van der Waals surface area contributed by atoms with Crippen LogP contribution in [0.2, 0.25) is 0 Å². The Balaban J connectivity index is 3.01. The van der Waals surface area contributed by atoms with Crippen LogP contribution in [0.4, 0.5) is 0 Å². The minimum atomic E-state index is -0.480. The number of ether oxygens (including phenoxy) is 2. The van der Waals surface area contributed by atoms with E-state index in [9.17, 15) is 14.7 Å². The maximum atomic E-state index is 11.9. The van der Waals surface area contributed by atoms with Crippen LogP contribution < -0.4 is 0 Å². The molecule has 0 amide bonds. The lowest BCUT2D eigenvalue weighted by Gasteiger charge is -2.12. The van der Waals surface area contributed by atoms with Crippen molar-refractivity contribution in [2.24, 2.45) is 0 Å². The summed E-state index contributed by atoms with van der Waals surface area (Å²) in [7, 11) is 1.32. The van der Waals surface area contributed by atoms with Crippen LogP contribution in [-0.4, -0.2) is 30.8 Å². The van der Waals surface area contributed by atoms with Crippen LogP contribution in [-0.2, 0) is 27.3 Å². The van der Waals surface area contributed by atoms with Crippen molar-refractivity contribution in [3.05, 3.63) is 34.9 Å². The van der Waals surface area contributed by atoms with Crippen LogP contribution in [0.3, 0.4) is 0 Å². The summed E-state index contributed by atoms with van der Waals surface area (Å²) >= 11 is 0. The van der Waals surface area contributed by atoms with Crippen LogP contribution in [0, 0.1) is 0 Å². The van der Waals surface area contributed by atoms with Gasteiger partial charge in [-0.2, -0.15) is 0 Å². The van der Waals surface area contributed by atoms with Crippen LogP contribution in [0.5, 0.6) is 0 Å². The summed E-state index contributed by atoms with van der Waals surface area (Å²) in [5.74, 6) is -0.823. The average Bonchev–Trinajstić information content (AvgIpc) is 2.44. The SMILES string of the molecule is CCOC(=O)c1c(CO)cccc1CCC(=O)OC. The van der Waals surface area contributed by atoms with E-state index in [-0.39, 0.29) is 25.6 Å². The highest BCUT2D eigenvalue weighted by Crippen LogP contribution is 2.18. The molecule has 0 aromatic heterocycles. The lowest BCUT2D eigenvalue weighted by molar-refractivity contribution is -0.140. The summed E-state index contributed by atoms with van der Waals surface area (Å²) in [6.07, 6.45) is 0.548. The number of aliphatic hydroxyl groups excluding tert-OH is 1. The Morgan fingerprint density at radius 3 is 2.53 bits per heavy atom. The molecule has 0 aliphatic rings. The summed E-state index contributed by atoms with van der Waals surface area (Å²) < 4.78 is 9.55. The quantitative estimate of drug-likeness (QED) is 0.789. The first-order chi connectivity index (χ1) is 9.13. The Morgan fingerprint density at radius 1 is 1.26 bits per heavy atom. The molecule has 0 aliphatic heterocycles. The summed E-state index contributed by atoms with van der Waals surface area (Å²) in [5, 5.41) is 9.28. The third kappa shape index (κ3) is 4.06. The molecule has 0 heterocycles. The first-order valence-electron chi connectivity index (χ1n) is 6.09. The topological polar surface area (TPSA) is 72.8 Å². The van der Waals surface area contributed by atoms with E-state index in [2.05, 4.69) is 4.74 Å². The standard InChI is InChI=1S/C14H18O5/c1-3-19-14(17)13-10(7-8-12(16)18-2)5-4-6-11(13)9-15/h4-6,15H,3,7-9H2,1-2H3. The monoisotopic (exact) mass is 266 g/mol. The lowest BCUT2D eigenvalue weighted by atomic mass is 9.98. The molecule has 5 nitrogen and oxygen atoms in total. The van der Waals surface area contributed by atoms with E-state index >= 15 is 0 Å². The minimum absolute atomic E-state index is 0.178. The molecule has 0 aliphatic carbocycles. The fourth-order valence-corrected chi connectivity index (χ4v) is 1.80. The molecular weight excluding hydrogens is 248 g/mol. The lowest BCUT2D eigenvalue weighted by Crippen LogP contribution is -2.13. The fourth-order valence-electron chi connectivity index (χ4n) is 1.80. The molecule has 0 unspecified atom stereocenters. The second kappa shape index (κ2) is 7.53. The van der Waals surface area contributed by atoms with Gasteiger partial charge < -0.3 is 14.6 Å². The van der Waals surface area contributed by atoms with E-state index in [4.69, 9.17) is 4.74 Å². The van der Waals surface area contributed by atoms with E-state index in [1.807, 2.05) is 0 Å². The Hall–Kier alpha value is -1.88. The van der Waals surface area contributed by atoms with Gasteiger partial charge in [-0.05, 0) is 24.5 Å². The highest BCUT2D eigenvalue weighted by Gasteiger charge is 2.17. The number of benzene rings is 1. The van der Waals surface area contributed by atoms with Gasteiger partial charge in [0.1, 0.15) is 0 Å². The smallest absolute Gasteiger partial charge is 0.338 e. The Labute approximate surface area is 112 Å². The highest BCUT2D eigenvalue weighted by atomic mass is 16.5. The van der Waals surface area contributed by atoms with Gasteiger partial charge >= 0.3 is 11.9 Å². The molecule has 0 spiro atoms. The number of hydrogen-bond donors (Lipinski definition) is 1. The molecule has 0 fully saturated rings. The van der Waals surface area contributed by atoms with Gasteiger partial charge in [0.05, 0.1) is 25.9 Å². The molecule has 1 N–H and O–H groups in total. The normalized spacial score (nSPS) is 10.1. The fraction of sp³-hybridized carbons (Fsp3) is 0.429. The molecule has 1 aromatic rings. The van der Waals surface area contributed by atoms with Crippen molar-refractivity contribution in [2.45, 2.75) is 26.4 Å². The van der Waals surface area contributed by atoms with E-state index in [0.29, 0.717) is 23.1 Å². The van der Waals surface area contributed by atoms with Gasteiger partial charge in [-0.3, -0.25) is 4.79 Å². The van der Waals surface area contributed by atoms with Crippen LogP contribution in [0.1, 0.15) is 34.8 Å². The molecular formula is C14H18O5. The van der Waals surface area contributed by atoms with Crippen molar-refractivity contribution in [3.8, 4) is 0 Å². The van der Waals surface area contributed by atoms with Gasteiger partial charge in [-0.25, -0.2) is 4.79 Å². The predicted molar refractivity (Wildman–Crippen MR) is 68.7 cm³/mol. The van der Waals surface area contributed by atoms with E-state index in [1.165, 1.54) is 7.11 Å². The van der Waals surface area contributed by atoms with Gasteiger partial charge in [-0.15, -0.1) is 0 Å². The summed E-state index contributed by atoms with van der Waals surface area (Å²) in [4.78, 5) is 23.1. The first kappa shape index (κ1) is 15.2. The van der Waals surface area contributed by atoms with Crippen LogP contribution in [0.25, 0.3) is 0 Å². The molecule has 5 heteroatoms.